The molecule has 0 unspecified atom stereocenters. The van der Waals surface area contributed by atoms with Gasteiger partial charge >= 0.3 is 0 Å². The molecule has 1 saturated heterocycles. The molecule has 2 heterocycles. The van der Waals surface area contributed by atoms with E-state index >= 15 is 0 Å². The van der Waals surface area contributed by atoms with Crippen LogP contribution in [0.4, 0.5) is 0 Å². The molecule has 1 aromatic heterocycles. The van der Waals surface area contributed by atoms with Crippen LogP contribution in [0.5, 0.6) is 0 Å². The van der Waals surface area contributed by atoms with Crippen LogP contribution in [0, 0.1) is 13.8 Å². The summed E-state index contributed by atoms with van der Waals surface area (Å²) in [5.74, 6) is -0.416. The summed E-state index contributed by atoms with van der Waals surface area (Å²) in [7, 11) is 0. The van der Waals surface area contributed by atoms with Crippen molar-refractivity contribution in [2.75, 3.05) is 19.6 Å². The highest BCUT2D eigenvalue weighted by Crippen LogP contribution is 2.16. The third-order valence-electron chi connectivity index (χ3n) is 4.64. The molecule has 3 N–H and O–H groups in total. The Labute approximate surface area is 146 Å². The average Bonchev–Trinajstić information content (AvgIpc) is 2.57. The minimum atomic E-state index is -0.315. The van der Waals surface area contributed by atoms with E-state index in [1.165, 1.54) is 0 Å². The van der Waals surface area contributed by atoms with Gasteiger partial charge in [0.15, 0.2) is 0 Å². The number of carbonyl (C=O) groups is 2. The lowest BCUT2D eigenvalue weighted by molar-refractivity contribution is -0.119. The zero-order valence-corrected chi connectivity index (χ0v) is 14.6. The fourth-order valence-electron chi connectivity index (χ4n) is 3.10. The highest BCUT2D eigenvalue weighted by molar-refractivity contribution is 5.97. The lowest BCUT2D eigenvalue weighted by Crippen LogP contribution is -2.46. The largest absolute Gasteiger partial charge is 0.369 e. The molecule has 7 heteroatoms. The maximum absolute atomic E-state index is 12.5. The molecule has 0 radical (unpaired) electrons. The van der Waals surface area contributed by atoms with Crippen LogP contribution < -0.4 is 11.1 Å². The van der Waals surface area contributed by atoms with E-state index in [2.05, 4.69) is 15.3 Å². The first-order valence-corrected chi connectivity index (χ1v) is 8.49. The zero-order valence-electron chi connectivity index (χ0n) is 14.6. The summed E-state index contributed by atoms with van der Waals surface area (Å²) in [4.78, 5) is 34.5. The van der Waals surface area contributed by atoms with Crippen molar-refractivity contribution in [2.24, 2.45) is 5.73 Å². The number of piperidine rings is 1. The summed E-state index contributed by atoms with van der Waals surface area (Å²) < 4.78 is 0. The number of carbonyl (C=O) groups excluding carboxylic acids is 2. The fraction of sp³-hybridized carbons (Fsp3) is 0.444. The summed E-state index contributed by atoms with van der Waals surface area (Å²) >= 11 is 0. The van der Waals surface area contributed by atoms with Gasteiger partial charge < -0.3 is 11.1 Å². The summed E-state index contributed by atoms with van der Waals surface area (Å²) in [6, 6.07) is 5.51. The van der Waals surface area contributed by atoms with E-state index in [1.54, 1.807) is 12.1 Å². The van der Waals surface area contributed by atoms with E-state index in [-0.39, 0.29) is 24.4 Å². The van der Waals surface area contributed by atoms with Crippen molar-refractivity contribution < 1.29 is 9.59 Å². The lowest BCUT2D eigenvalue weighted by atomic mass is 10.0. The van der Waals surface area contributed by atoms with Gasteiger partial charge in [0.25, 0.3) is 5.91 Å². The van der Waals surface area contributed by atoms with Crippen LogP contribution in [-0.4, -0.2) is 52.4 Å². The van der Waals surface area contributed by atoms with E-state index in [1.807, 2.05) is 24.8 Å². The molecule has 0 atom stereocenters. The molecule has 1 aliphatic heterocycles. The van der Waals surface area contributed by atoms with Crippen molar-refractivity contribution >= 4 is 22.8 Å². The maximum atomic E-state index is 12.5. The van der Waals surface area contributed by atoms with Gasteiger partial charge in [0.2, 0.25) is 5.91 Å². The van der Waals surface area contributed by atoms with Gasteiger partial charge in [0.1, 0.15) is 0 Å². The van der Waals surface area contributed by atoms with Crippen LogP contribution >= 0.6 is 0 Å². The number of aromatic nitrogens is 2. The Morgan fingerprint density at radius 2 is 1.80 bits per heavy atom. The number of fused-ring (bicyclic) bond motifs is 1. The summed E-state index contributed by atoms with van der Waals surface area (Å²) in [6.45, 7) is 5.63. The van der Waals surface area contributed by atoms with E-state index < -0.39 is 0 Å². The first-order valence-electron chi connectivity index (χ1n) is 8.49. The molecule has 0 spiro atoms. The summed E-state index contributed by atoms with van der Waals surface area (Å²) in [5, 5.41) is 3.07. The predicted molar refractivity (Wildman–Crippen MR) is 95.1 cm³/mol. The zero-order chi connectivity index (χ0) is 18.0. The van der Waals surface area contributed by atoms with Gasteiger partial charge in [0, 0.05) is 24.7 Å². The van der Waals surface area contributed by atoms with Crippen LogP contribution in [0.2, 0.25) is 0 Å². The Hall–Kier alpha value is -2.54. The van der Waals surface area contributed by atoms with Crippen molar-refractivity contribution in [1.82, 2.24) is 20.2 Å². The number of amides is 2. The molecule has 0 aliphatic carbocycles. The van der Waals surface area contributed by atoms with E-state index in [0.717, 1.165) is 48.4 Å². The van der Waals surface area contributed by atoms with E-state index in [4.69, 9.17) is 5.73 Å². The Morgan fingerprint density at radius 1 is 1.16 bits per heavy atom. The summed E-state index contributed by atoms with van der Waals surface area (Å²) in [6.07, 6.45) is 1.62. The van der Waals surface area contributed by atoms with Gasteiger partial charge in [-0.15, -0.1) is 0 Å². The molecule has 2 aromatic rings. The normalized spacial score (nSPS) is 16.1. The Bertz CT molecular complexity index is 812. The van der Waals surface area contributed by atoms with Crippen LogP contribution in [0.25, 0.3) is 11.0 Å². The second kappa shape index (κ2) is 7.14. The van der Waals surface area contributed by atoms with Gasteiger partial charge in [-0.1, -0.05) is 0 Å². The first kappa shape index (κ1) is 17.3. The van der Waals surface area contributed by atoms with Gasteiger partial charge in [-0.05, 0) is 44.9 Å². The number of hydrogen-bond donors (Lipinski definition) is 2. The molecule has 1 fully saturated rings. The van der Waals surface area contributed by atoms with E-state index in [0.29, 0.717) is 5.56 Å². The molecule has 3 rings (SSSR count). The van der Waals surface area contributed by atoms with Crippen molar-refractivity contribution in [3.05, 3.63) is 35.2 Å². The number of aryl methyl sites for hydroxylation is 2. The topological polar surface area (TPSA) is 101 Å². The molecule has 2 amide bonds. The Kier molecular flexibility index (Phi) is 4.94. The Morgan fingerprint density at radius 3 is 2.44 bits per heavy atom. The standard InChI is InChI=1S/C18H23N5O2/c1-11-12(2)21-16-9-13(3-4-15(16)20-11)18(25)22-14-5-7-23(8-6-14)10-17(19)24/h3-4,9,14H,5-8,10H2,1-2H3,(H2,19,24)(H,22,25). The minimum absolute atomic E-state index is 0.102. The van der Waals surface area contributed by atoms with Crippen LogP contribution in [0.3, 0.4) is 0 Å². The molecule has 1 aromatic carbocycles. The van der Waals surface area contributed by atoms with Crippen molar-refractivity contribution in [2.45, 2.75) is 32.7 Å². The van der Waals surface area contributed by atoms with Crippen molar-refractivity contribution in [3.63, 3.8) is 0 Å². The van der Waals surface area contributed by atoms with Crippen molar-refractivity contribution in [1.29, 1.82) is 0 Å². The lowest BCUT2D eigenvalue weighted by Gasteiger charge is -2.31. The minimum Gasteiger partial charge on any atom is -0.369 e. The number of likely N-dealkylation sites (tertiary alicyclic amines) is 1. The molecule has 1 aliphatic rings. The molecule has 0 bridgehead atoms. The van der Waals surface area contributed by atoms with Gasteiger partial charge in [-0.25, -0.2) is 9.97 Å². The van der Waals surface area contributed by atoms with Crippen LogP contribution in [0.1, 0.15) is 34.6 Å². The van der Waals surface area contributed by atoms with Crippen molar-refractivity contribution in [3.8, 4) is 0 Å². The number of nitrogens with zero attached hydrogens (tertiary/aromatic N) is 3. The smallest absolute Gasteiger partial charge is 0.251 e. The number of hydrogen-bond acceptors (Lipinski definition) is 5. The second-order valence-electron chi connectivity index (χ2n) is 6.59. The average molecular weight is 341 g/mol. The molecular formula is C18H23N5O2. The fourth-order valence-corrected chi connectivity index (χ4v) is 3.10. The van der Waals surface area contributed by atoms with E-state index in [9.17, 15) is 9.59 Å². The molecule has 132 valence electrons. The number of primary amides is 1. The number of rotatable bonds is 4. The third-order valence-corrected chi connectivity index (χ3v) is 4.64. The van der Waals surface area contributed by atoms with Crippen LogP contribution in [0.15, 0.2) is 18.2 Å². The number of benzene rings is 1. The predicted octanol–water partition coefficient (Wildman–Crippen LogP) is 0.926. The number of nitrogens with two attached hydrogens (primary N) is 1. The first-order chi connectivity index (χ1) is 11.9. The molecular weight excluding hydrogens is 318 g/mol. The second-order valence-corrected chi connectivity index (χ2v) is 6.59. The highest BCUT2D eigenvalue weighted by atomic mass is 16.2. The third kappa shape index (κ3) is 4.11. The summed E-state index contributed by atoms with van der Waals surface area (Å²) in [5.41, 5.74) is 9.09. The molecule has 25 heavy (non-hydrogen) atoms. The monoisotopic (exact) mass is 341 g/mol. The highest BCUT2D eigenvalue weighted by Gasteiger charge is 2.22. The Balaban J connectivity index is 1.65. The number of nitrogens with one attached hydrogen (secondary N) is 1. The SMILES string of the molecule is Cc1nc2ccc(C(=O)NC3CCN(CC(N)=O)CC3)cc2nc1C. The maximum Gasteiger partial charge on any atom is 0.251 e. The molecule has 7 nitrogen and oxygen atoms in total. The van der Waals surface area contributed by atoms with Gasteiger partial charge in [-0.3, -0.25) is 14.5 Å². The van der Waals surface area contributed by atoms with Gasteiger partial charge in [-0.2, -0.15) is 0 Å². The van der Waals surface area contributed by atoms with Crippen LogP contribution in [-0.2, 0) is 4.79 Å². The molecule has 0 saturated carbocycles. The van der Waals surface area contributed by atoms with Gasteiger partial charge in [0.05, 0.1) is 29.0 Å². The quantitative estimate of drug-likeness (QED) is 0.861.